The standard InChI is InChI=1S/C53H32N6S/c1-2-15-33(16-3-1)34-17-12-18-35(31-34)50-54-51(36-19-13-20-37(32-36)57-42-25-7-4-21-38(42)39-22-5-8-26-43(39)57)56-53(55-50)59-44-27-9-6-23-40(44)48-41-24-14-30-47-49(41)58(52(48)59)45-28-10-11-29-46(45)60-47/h1-32H. The molecule has 5 heterocycles. The fourth-order valence-corrected chi connectivity index (χ4v) is 10.4. The second kappa shape index (κ2) is 12.9. The van der Waals surface area contributed by atoms with Crippen LogP contribution in [-0.2, 0) is 0 Å². The normalized spacial score (nSPS) is 12.3. The van der Waals surface area contributed by atoms with Crippen LogP contribution in [-0.4, -0.2) is 28.7 Å². The molecule has 13 rings (SSSR count). The summed E-state index contributed by atoms with van der Waals surface area (Å²) in [6.07, 6.45) is 0. The molecule has 0 amide bonds. The third-order valence-electron chi connectivity index (χ3n) is 11.9. The molecule has 0 bridgehead atoms. The molecule has 60 heavy (non-hydrogen) atoms. The second-order valence-electron chi connectivity index (χ2n) is 15.3. The molecule has 1 aliphatic rings. The number of nitrogens with zero attached hydrogens (tertiary/aromatic N) is 6. The minimum Gasteiger partial charge on any atom is -0.309 e. The first kappa shape index (κ1) is 33.3. The van der Waals surface area contributed by atoms with Gasteiger partial charge in [0.15, 0.2) is 11.6 Å². The van der Waals surface area contributed by atoms with E-state index >= 15 is 0 Å². The summed E-state index contributed by atoms with van der Waals surface area (Å²) in [6, 6.07) is 68.8. The summed E-state index contributed by atoms with van der Waals surface area (Å²) in [7, 11) is 0. The van der Waals surface area contributed by atoms with Gasteiger partial charge in [-0.05, 0) is 65.7 Å². The number of aromatic nitrogens is 6. The largest absolute Gasteiger partial charge is 0.309 e. The van der Waals surface area contributed by atoms with Crippen molar-refractivity contribution in [2.45, 2.75) is 9.79 Å². The summed E-state index contributed by atoms with van der Waals surface area (Å²) in [6.45, 7) is 0. The Bertz CT molecular complexity index is 3650. The van der Waals surface area contributed by atoms with Crippen LogP contribution < -0.4 is 0 Å². The molecule has 280 valence electrons. The van der Waals surface area contributed by atoms with Crippen molar-refractivity contribution in [3.05, 3.63) is 194 Å². The Morgan fingerprint density at radius 1 is 0.367 bits per heavy atom. The highest BCUT2D eigenvalue weighted by atomic mass is 32.2. The first-order chi connectivity index (χ1) is 29.8. The zero-order valence-corrected chi connectivity index (χ0v) is 32.9. The lowest BCUT2D eigenvalue weighted by atomic mass is 10.0. The number of para-hydroxylation sites is 5. The molecule has 0 spiro atoms. The molecule has 0 saturated heterocycles. The summed E-state index contributed by atoms with van der Waals surface area (Å²) in [5.74, 6) is 1.76. The van der Waals surface area contributed by atoms with Crippen LogP contribution in [0.5, 0.6) is 0 Å². The summed E-state index contributed by atoms with van der Waals surface area (Å²) in [5, 5.41) is 5.99. The smallest absolute Gasteiger partial charge is 0.239 e. The van der Waals surface area contributed by atoms with Crippen molar-refractivity contribution in [3.63, 3.8) is 0 Å². The third kappa shape index (κ3) is 4.87. The Morgan fingerprint density at radius 3 is 1.68 bits per heavy atom. The van der Waals surface area contributed by atoms with Crippen molar-refractivity contribution in [1.29, 1.82) is 0 Å². The molecule has 12 aromatic rings. The highest BCUT2D eigenvalue weighted by Crippen LogP contribution is 2.49. The Hall–Kier alpha value is -7.74. The average Bonchev–Trinajstić information content (AvgIpc) is 3.96. The number of benzene rings is 8. The van der Waals surface area contributed by atoms with Gasteiger partial charge in [-0.2, -0.15) is 9.97 Å². The molecule has 7 heteroatoms. The lowest BCUT2D eigenvalue weighted by Gasteiger charge is -2.20. The Morgan fingerprint density at radius 2 is 0.917 bits per heavy atom. The van der Waals surface area contributed by atoms with E-state index in [-0.39, 0.29) is 0 Å². The first-order valence-electron chi connectivity index (χ1n) is 20.1. The molecule has 0 atom stereocenters. The van der Waals surface area contributed by atoms with E-state index < -0.39 is 0 Å². The molecule has 8 aromatic carbocycles. The van der Waals surface area contributed by atoms with E-state index in [4.69, 9.17) is 15.0 Å². The highest BCUT2D eigenvalue weighted by molar-refractivity contribution is 7.99. The summed E-state index contributed by atoms with van der Waals surface area (Å²) in [5.41, 5.74) is 11.8. The molecule has 0 radical (unpaired) electrons. The molecular formula is C53H32N6S. The number of hydrogen-bond donors (Lipinski definition) is 0. The van der Waals surface area contributed by atoms with Gasteiger partial charge in [-0.1, -0.05) is 151 Å². The fraction of sp³-hybridized carbons (Fsp3) is 0. The van der Waals surface area contributed by atoms with Gasteiger partial charge in [-0.3, -0.25) is 9.13 Å². The Balaban J connectivity index is 1.11. The van der Waals surface area contributed by atoms with Crippen molar-refractivity contribution in [2.24, 2.45) is 0 Å². The molecule has 0 fully saturated rings. The van der Waals surface area contributed by atoms with E-state index in [1.165, 1.54) is 36.9 Å². The van der Waals surface area contributed by atoms with Gasteiger partial charge in [0.25, 0.3) is 0 Å². The van der Waals surface area contributed by atoms with E-state index in [2.05, 4.69) is 202 Å². The van der Waals surface area contributed by atoms with E-state index in [0.717, 1.165) is 61.2 Å². The quantitative estimate of drug-likeness (QED) is 0.174. The summed E-state index contributed by atoms with van der Waals surface area (Å²) >= 11 is 1.83. The molecule has 1 aliphatic heterocycles. The van der Waals surface area contributed by atoms with Crippen molar-refractivity contribution >= 4 is 66.4 Å². The van der Waals surface area contributed by atoms with Crippen molar-refractivity contribution < 1.29 is 0 Å². The molecular weight excluding hydrogens is 753 g/mol. The topological polar surface area (TPSA) is 53.5 Å². The molecule has 6 nitrogen and oxygen atoms in total. The first-order valence-corrected chi connectivity index (χ1v) is 20.9. The molecule has 0 N–H and O–H groups in total. The zero-order valence-electron chi connectivity index (χ0n) is 32.1. The van der Waals surface area contributed by atoms with Crippen molar-refractivity contribution in [3.8, 4) is 51.2 Å². The van der Waals surface area contributed by atoms with E-state index in [9.17, 15) is 0 Å². The van der Waals surface area contributed by atoms with Gasteiger partial charge in [-0.25, -0.2) is 4.98 Å². The third-order valence-corrected chi connectivity index (χ3v) is 13.0. The monoisotopic (exact) mass is 784 g/mol. The van der Waals surface area contributed by atoms with Crippen LogP contribution in [0, 0.1) is 0 Å². The predicted molar refractivity (Wildman–Crippen MR) is 246 cm³/mol. The van der Waals surface area contributed by atoms with Gasteiger partial charge >= 0.3 is 0 Å². The van der Waals surface area contributed by atoms with Crippen LogP contribution in [0.25, 0.3) is 106 Å². The van der Waals surface area contributed by atoms with Gasteiger partial charge < -0.3 is 4.57 Å². The fourth-order valence-electron chi connectivity index (χ4n) is 9.31. The van der Waals surface area contributed by atoms with Gasteiger partial charge in [0.2, 0.25) is 5.95 Å². The molecule has 4 aromatic heterocycles. The van der Waals surface area contributed by atoms with E-state index in [1.54, 1.807) is 0 Å². The van der Waals surface area contributed by atoms with Crippen LogP contribution in [0.1, 0.15) is 0 Å². The van der Waals surface area contributed by atoms with Crippen LogP contribution in [0.4, 0.5) is 0 Å². The van der Waals surface area contributed by atoms with Crippen molar-refractivity contribution in [2.75, 3.05) is 0 Å². The molecule has 0 aliphatic carbocycles. The van der Waals surface area contributed by atoms with Crippen LogP contribution in [0.2, 0.25) is 0 Å². The maximum Gasteiger partial charge on any atom is 0.239 e. The summed E-state index contributed by atoms with van der Waals surface area (Å²) in [4.78, 5) is 18.6. The predicted octanol–water partition coefficient (Wildman–Crippen LogP) is 13.5. The van der Waals surface area contributed by atoms with Crippen LogP contribution >= 0.6 is 11.8 Å². The Kier molecular flexibility index (Phi) is 7.14. The Labute approximate surface area is 348 Å². The maximum atomic E-state index is 5.45. The number of hydrogen-bond acceptors (Lipinski definition) is 4. The molecule has 0 unspecified atom stereocenters. The zero-order chi connectivity index (χ0) is 39.3. The van der Waals surface area contributed by atoms with Gasteiger partial charge in [0.05, 0.1) is 27.8 Å². The minimum atomic E-state index is 0.560. The van der Waals surface area contributed by atoms with Gasteiger partial charge in [-0.15, -0.1) is 0 Å². The maximum absolute atomic E-state index is 5.45. The average molecular weight is 785 g/mol. The van der Waals surface area contributed by atoms with Crippen molar-refractivity contribution in [1.82, 2.24) is 28.7 Å². The number of rotatable bonds is 5. The number of fused-ring (bicyclic) bond motifs is 10. The highest BCUT2D eigenvalue weighted by Gasteiger charge is 2.29. The lowest BCUT2D eigenvalue weighted by Crippen LogP contribution is -2.10. The van der Waals surface area contributed by atoms with Gasteiger partial charge in [0.1, 0.15) is 5.65 Å². The SMILES string of the molecule is c1ccc(-c2cccc(-c3nc(-c4cccc(-n5c6ccccc6c6ccccc65)c4)nc(-n4c5ccccc5c5c6cccc7c6n(c54)-c4ccccc4S7)n3)c2)cc1. The lowest BCUT2D eigenvalue weighted by molar-refractivity contribution is 0.926. The van der Waals surface area contributed by atoms with Gasteiger partial charge in [0, 0.05) is 53.5 Å². The van der Waals surface area contributed by atoms with E-state index in [0.29, 0.717) is 17.6 Å². The summed E-state index contributed by atoms with van der Waals surface area (Å²) < 4.78 is 7.02. The molecule has 0 saturated carbocycles. The van der Waals surface area contributed by atoms with E-state index in [1.807, 2.05) is 17.8 Å². The minimum absolute atomic E-state index is 0.560. The van der Waals surface area contributed by atoms with Crippen LogP contribution in [0.15, 0.2) is 204 Å². The second-order valence-corrected chi connectivity index (χ2v) is 16.3. The van der Waals surface area contributed by atoms with Crippen LogP contribution in [0.3, 0.4) is 0 Å².